The van der Waals surface area contributed by atoms with Crippen molar-refractivity contribution in [2.75, 3.05) is 0 Å². The summed E-state index contributed by atoms with van der Waals surface area (Å²) < 4.78 is 6.23. The van der Waals surface area contributed by atoms with E-state index in [-0.39, 0.29) is 6.10 Å². The average molecular weight is 491 g/mol. The van der Waals surface area contributed by atoms with Crippen LogP contribution in [-0.2, 0) is 0 Å². The standard InChI is InChI=1S/C28H26N8O/c1-2-6-19(7-3-1)37-20-11-18(14-30-15-20)23-12-21-24(16-32-23)35-36-26(21)28-33-22-8-10-31-25(27(22)34-28)17-5-4-9-29-13-17/h8-16,19H,1-7H2,(H,33,34)(H,35,36). The highest BCUT2D eigenvalue weighted by Crippen LogP contribution is 2.32. The highest BCUT2D eigenvalue weighted by atomic mass is 16.5. The monoisotopic (exact) mass is 490 g/mol. The third-order valence-corrected chi connectivity index (χ3v) is 7.12. The molecule has 5 aromatic rings. The summed E-state index contributed by atoms with van der Waals surface area (Å²) in [6.07, 6.45) is 19.0. The minimum atomic E-state index is 0.269. The fourth-order valence-corrected chi connectivity index (χ4v) is 5.22. The fraction of sp³-hybridized carbons (Fsp3) is 0.286. The summed E-state index contributed by atoms with van der Waals surface area (Å²) in [7, 11) is 0. The number of aliphatic imine (C=N–C) groups is 1. The molecule has 0 saturated heterocycles. The minimum absolute atomic E-state index is 0.269. The number of fused-ring (bicyclic) bond motifs is 2. The maximum absolute atomic E-state index is 6.23. The van der Waals surface area contributed by atoms with Crippen LogP contribution in [0.3, 0.4) is 0 Å². The minimum Gasteiger partial charge on any atom is -0.489 e. The van der Waals surface area contributed by atoms with Crippen molar-refractivity contribution in [3.8, 4) is 28.5 Å². The molecule has 1 saturated carbocycles. The molecular formula is C28H26N8O. The van der Waals surface area contributed by atoms with Gasteiger partial charge in [-0.1, -0.05) is 6.42 Å². The lowest BCUT2D eigenvalue weighted by atomic mass is 9.98. The van der Waals surface area contributed by atoms with Gasteiger partial charge in [-0.05, 0) is 62.3 Å². The molecule has 1 aliphatic carbocycles. The molecule has 0 atom stereocenters. The molecule has 0 aromatic carbocycles. The molecule has 0 unspecified atom stereocenters. The number of pyridine rings is 3. The van der Waals surface area contributed by atoms with Crippen molar-refractivity contribution in [1.82, 2.24) is 35.1 Å². The Hall–Kier alpha value is -4.40. The van der Waals surface area contributed by atoms with Gasteiger partial charge in [0.25, 0.3) is 0 Å². The number of hydrogen-bond donors (Lipinski definition) is 2. The number of rotatable bonds is 5. The largest absolute Gasteiger partial charge is 0.489 e. The lowest BCUT2D eigenvalue weighted by molar-refractivity contribution is 0.154. The van der Waals surface area contributed by atoms with Crippen molar-refractivity contribution in [2.24, 2.45) is 4.99 Å². The number of ether oxygens (including phenoxy) is 1. The van der Waals surface area contributed by atoms with Crippen LogP contribution in [0.5, 0.6) is 5.75 Å². The predicted molar refractivity (Wildman–Crippen MR) is 143 cm³/mol. The van der Waals surface area contributed by atoms with E-state index in [1.165, 1.54) is 19.3 Å². The number of aromatic amines is 2. The molecule has 9 heteroatoms. The van der Waals surface area contributed by atoms with Gasteiger partial charge in [0.2, 0.25) is 0 Å². The smallest absolute Gasteiger partial charge is 0.159 e. The average Bonchev–Trinajstić information content (AvgIpc) is 3.58. The molecule has 5 aromatic heterocycles. The van der Waals surface area contributed by atoms with E-state index in [4.69, 9.17) is 9.72 Å². The van der Waals surface area contributed by atoms with Crippen LogP contribution in [0.15, 0.2) is 54.2 Å². The van der Waals surface area contributed by atoms with Crippen molar-refractivity contribution >= 4 is 33.7 Å². The lowest BCUT2D eigenvalue weighted by Crippen LogP contribution is -2.19. The van der Waals surface area contributed by atoms with Gasteiger partial charge in [0.1, 0.15) is 17.0 Å². The zero-order chi connectivity index (χ0) is 24.6. The molecule has 0 amide bonds. The normalized spacial score (nSPS) is 16.4. The molecule has 0 radical (unpaired) electrons. The van der Waals surface area contributed by atoms with Crippen LogP contribution in [0.25, 0.3) is 50.3 Å². The van der Waals surface area contributed by atoms with Crippen molar-refractivity contribution in [3.63, 3.8) is 0 Å². The van der Waals surface area contributed by atoms with Crippen molar-refractivity contribution in [2.45, 2.75) is 51.0 Å². The Morgan fingerprint density at radius 2 is 1.89 bits per heavy atom. The van der Waals surface area contributed by atoms with Crippen molar-refractivity contribution < 1.29 is 4.74 Å². The van der Waals surface area contributed by atoms with Crippen molar-refractivity contribution in [1.29, 1.82) is 0 Å². The summed E-state index contributed by atoms with van der Waals surface area (Å²) in [4.78, 5) is 26.4. The van der Waals surface area contributed by atoms with E-state index in [9.17, 15) is 0 Å². The first-order valence-electron chi connectivity index (χ1n) is 12.8. The topological polar surface area (TPSA) is 118 Å². The van der Waals surface area contributed by atoms with Crippen LogP contribution < -0.4 is 4.74 Å². The molecule has 0 spiro atoms. The predicted octanol–water partition coefficient (Wildman–Crippen LogP) is 5.88. The third kappa shape index (κ3) is 4.16. The van der Waals surface area contributed by atoms with Crippen LogP contribution in [0.4, 0.5) is 0 Å². The Morgan fingerprint density at radius 3 is 2.78 bits per heavy atom. The quantitative estimate of drug-likeness (QED) is 0.318. The summed E-state index contributed by atoms with van der Waals surface area (Å²) in [5.74, 6) is 1.47. The van der Waals surface area contributed by atoms with Gasteiger partial charge in [0, 0.05) is 35.8 Å². The Bertz CT molecular complexity index is 1660. The van der Waals surface area contributed by atoms with E-state index in [1.54, 1.807) is 18.6 Å². The molecule has 2 N–H and O–H groups in total. The summed E-state index contributed by atoms with van der Waals surface area (Å²) in [5, 5.41) is 8.60. The van der Waals surface area contributed by atoms with Gasteiger partial charge >= 0.3 is 0 Å². The van der Waals surface area contributed by atoms with Crippen LogP contribution >= 0.6 is 0 Å². The number of nitrogens with zero attached hydrogens (tertiary/aromatic N) is 6. The molecule has 9 nitrogen and oxygen atoms in total. The number of H-pyrrole nitrogens is 2. The van der Waals surface area contributed by atoms with Crippen LogP contribution in [0, 0.1) is 0 Å². The van der Waals surface area contributed by atoms with Crippen LogP contribution in [0.2, 0.25) is 0 Å². The summed E-state index contributed by atoms with van der Waals surface area (Å²) >= 11 is 0. The highest BCUT2D eigenvalue weighted by molar-refractivity contribution is 5.96. The molecule has 2 aliphatic rings. The second-order valence-corrected chi connectivity index (χ2v) is 9.64. The first kappa shape index (κ1) is 21.8. The van der Waals surface area contributed by atoms with Crippen LogP contribution in [-0.4, -0.2) is 47.4 Å². The maximum atomic E-state index is 6.23. The van der Waals surface area contributed by atoms with E-state index in [0.29, 0.717) is 5.82 Å². The molecule has 7 rings (SSSR count). The number of aromatic nitrogens is 7. The van der Waals surface area contributed by atoms with Gasteiger partial charge in [-0.15, -0.1) is 0 Å². The summed E-state index contributed by atoms with van der Waals surface area (Å²) in [6.45, 7) is 0. The molecule has 0 bridgehead atoms. The van der Waals surface area contributed by atoms with Gasteiger partial charge in [-0.2, -0.15) is 5.10 Å². The van der Waals surface area contributed by atoms with Gasteiger partial charge in [0.15, 0.2) is 5.82 Å². The van der Waals surface area contributed by atoms with E-state index in [1.807, 2.05) is 36.8 Å². The van der Waals surface area contributed by atoms with Gasteiger partial charge < -0.3 is 9.72 Å². The van der Waals surface area contributed by atoms with E-state index >= 15 is 0 Å². The van der Waals surface area contributed by atoms with E-state index < -0.39 is 0 Å². The molecular weight excluding hydrogens is 464 g/mol. The fourth-order valence-electron chi connectivity index (χ4n) is 5.22. The number of allylic oxidation sites excluding steroid dienone is 1. The second-order valence-electron chi connectivity index (χ2n) is 9.64. The zero-order valence-corrected chi connectivity index (χ0v) is 20.3. The molecule has 1 aliphatic heterocycles. The summed E-state index contributed by atoms with van der Waals surface area (Å²) in [6, 6.07) is 5.99. The van der Waals surface area contributed by atoms with E-state index in [0.717, 1.165) is 81.6 Å². The maximum Gasteiger partial charge on any atom is 0.159 e. The molecule has 6 heterocycles. The van der Waals surface area contributed by atoms with Gasteiger partial charge in [-0.25, -0.2) is 4.98 Å². The van der Waals surface area contributed by atoms with Gasteiger partial charge in [-0.3, -0.25) is 25.0 Å². The van der Waals surface area contributed by atoms with Crippen molar-refractivity contribution in [3.05, 3.63) is 54.9 Å². The van der Waals surface area contributed by atoms with Crippen LogP contribution in [0.1, 0.15) is 50.6 Å². The molecule has 184 valence electrons. The lowest BCUT2D eigenvalue weighted by Gasteiger charge is -2.22. The number of imidazole rings is 1. The SMILES string of the molecule is C1=NC=C(c2nccc3[nH]c(-c4n[nH]c5cnc(-c6cncc(OC7CCCCC7)c6)cc45)nc23)CC1. The third-order valence-electron chi connectivity index (χ3n) is 7.12. The number of hydrogen-bond acceptors (Lipinski definition) is 7. The Morgan fingerprint density at radius 1 is 0.946 bits per heavy atom. The first-order chi connectivity index (χ1) is 18.3. The first-order valence-corrected chi connectivity index (χ1v) is 12.8. The van der Waals surface area contributed by atoms with E-state index in [2.05, 4.69) is 35.1 Å². The molecule has 37 heavy (non-hydrogen) atoms. The Kier molecular flexibility index (Phi) is 5.45. The van der Waals surface area contributed by atoms with Gasteiger partial charge in [0.05, 0.1) is 40.9 Å². The zero-order valence-electron chi connectivity index (χ0n) is 20.3. The second kappa shape index (κ2) is 9.24. The highest BCUT2D eigenvalue weighted by Gasteiger charge is 2.19. The molecule has 1 fully saturated rings. The Labute approximate surface area is 213 Å². The summed E-state index contributed by atoms with van der Waals surface area (Å²) in [5.41, 5.74) is 6.97. The number of nitrogens with one attached hydrogen (secondary N) is 2. The Balaban J connectivity index is 1.25.